The van der Waals surface area contributed by atoms with E-state index in [1.807, 2.05) is 0 Å². The zero-order valence-electron chi connectivity index (χ0n) is 9.96. The smallest absolute Gasteiger partial charge is 0.0150 e. The molecular formula is C15H20. The molecule has 1 aliphatic carbocycles. The van der Waals surface area contributed by atoms with Crippen molar-refractivity contribution >= 4 is 6.08 Å². The Morgan fingerprint density at radius 3 is 2.87 bits per heavy atom. The summed E-state index contributed by atoms with van der Waals surface area (Å²) in [5.74, 6) is 1.43. The van der Waals surface area contributed by atoms with Crippen molar-refractivity contribution in [2.45, 2.75) is 39.5 Å². The molecule has 0 aromatic heterocycles. The lowest BCUT2D eigenvalue weighted by molar-refractivity contribution is 0.644. The molecule has 1 atom stereocenters. The van der Waals surface area contributed by atoms with Crippen LogP contribution in [0.15, 0.2) is 24.3 Å². The average molecular weight is 200 g/mol. The van der Waals surface area contributed by atoms with Crippen molar-refractivity contribution in [2.75, 3.05) is 0 Å². The quantitative estimate of drug-likeness (QED) is 0.663. The third kappa shape index (κ3) is 2.14. The van der Waals surface area contributed by atoms with Crippen molar-refractivity contribution in [3.63, 3.8) is 0 Å². The van der Waals surface area contributed by atoms with Crippen LogP contribution in [-0.4, -0.2) is 0 Å². The molecular weight excluding hydrogens is 180 g/mol. The summed E-state index contributed by atoms with van der Waals surface area (Å²) >= 11 is 0. The molecule has 2 rings (SSSR count). The van der Waals surface area contributed by atoms with Crippen LogP contribution in [0.25, 0.3) is 6.08 Å². The Morgan fingerprint density at radius 1 is 1.33 bits per heavy atom. The van der Waals surface area contributed by atoms with E-state index in [-0.39, 0.29) is 0 Å². The predicted molar refractivity (Wildman–Crippen MR) is 67.1 cm³/mol. The summed E-state index contributed by atoms with van der Waals surface area (Å²) < 4.78 is 0. The summed E-state index contributed by atoms with van der Waals surface area (Å²) in [4.78, 5) is 0. The van der Waals surface area contributed by atoms with Crippen LogP contribution in [0, 0.1) is 5.92 Å². The minimum Gasteiger partial charge on any atom is -0.0833 e. The molecule has 1 aromatic rings. The number of fused-ring (bicyclic) bond motifs is 1. The van der Waals surface area contributed by atoms with Gasteiger partial charge in [-0.2, -0.15) is 0 Å². The maximum absolute atomic E-state index is 2.32. The molecule has 80 valence electrons. The molecule has 0 bridgehead atoms. The fourth-order valence-electron chi connectivity index (χ4n) is 2.40. The lowest BCUT2D eigenvalue weighted by atomic mass is 9.84. The molecule has 0 saturated carbocycles. The van der Waals surface area contributed by atoms with Crippen LogP contribution < -0.4 is 0 Å². The largest absolute Gasteiger partial charge is 0.0833 e. The molecule has 0 spiro atoms. The highest BCUT2D eigenvalue weighted by Crippen LogP contribution is 2.32. The molecule has 0 aliphatic heterocycles. The zero-order valence-corrected chi connectivity index (χ0v) is 9.96. The van der Waals surface area contributed by atoms with E-state index in [4.69, 9.17) is 0 Å². The minimum absolute atomic E-state index is 0.692. The fraction of sp³-hybridized carbons (Fsp3) is 0.467. The minimum atomic E-state index is 0.692. The van der Waals surface area contributed by atoms with Gasteiger partial charge < -0.3 is 0 Å². The van der Waals surface area contributed by atoms with Gasteiger partial charge in [0.2, 0.25) is 0 Å². The van der Waals surface area contributed by atoms with E-state index in [9.17, 15) is 0 Å². The van der Waals surface area contributed by atoms with Crippen molar-refractivity contribution in [1.82, 2.24) is 0 Å². The molecule has 1 aromatic carbocycles. The molecule has 0 radical (unpaired) electrons. The first-order valence-electron chi connectivity index (χ1n) is 5.97. The van der Waals surface area contributed by atoms with Gasteiger partial charge in [0.15, 0.2) is 0 Å². The zero-order chi connectivity index (χ0) is 10.8. The normalized spacial score (nSPS) is 19.3. The summed E-state index contributed by atoms with van der Waals surface area (Å²) in [6.07, 6.45) is 7.02. The third-order valence-electron chi connectivity index (χ3n) is 3.16. The average Bonchev–Trinajstić information content (AvgIpc) is 2.19. The van der Waals surface area contributed by atoms with Gasteiger partial charge in [-0.05, 0) is 41.4 Å². The molecule has 15 heavy (non-hydrogen) atoms. The molecule has 0 saturated heterocycles. The van der Waals surface area contributed by atoms with Gasteiger partial charge in [0.25, 0.3) is 0 Å². The topological polar surface area (TPSA) is 0 Å². The molecule has 0 amide bonds. The highest BCUT2D eigenvalue weighted by Gasteiger charge is 2.15. The SMILES string of the molecule is CC(C)Cc1cccc2c1C=CCC2C. The molecule has 0 heteroatoms. The summed E-state index contributed by atoms with van der Waals surface area (Å²) in [5.41, 5.74) is 4.55. The van der Waals surface area contributed by atoms with E-state index >= 15 is 0 Å². The molecule has 0 nitrogen and oxygen atoms in total. The second-order valence-corrected chi connectivity index (χ2v) is 5.06. The summed E-state index contributed by atoms with van der Waals surface area (Å²) in [7, 11) is 0. The number of benzene rings is 1. The lowest BCUT2D eigenvalue weighted by Gasteiger charge is -2.21. The van der Waals surface area contributed by atoms with E-state index in [0.29, 0.717) is 5.92 Å². The summed E-state index contributed by atoms with van der Waals surface area (Å²) in [6, 6.07) is 6.78. The maximum atomic E-state index is 2.32. The highest BCUT2D eigenvalue weighted by molar-refractivity contribution is 5.61. The Hall–Kier alpha value is -1.04. The van der Waals surface area contributed by atoms with E-state index < -0.39 is 0 Å². The first-order chi connectivity index (χ1) is 7.18. The molecule has 1 aliphatic rings. The van der Waals surface area contributed by atoms with E-state index in [0.717, 1.165) is 5.92 Å². The standard InChI is InChI=1S/C15H20/c1-11(2)10-13-7-5-8-14-12(3)6-4-9-15(13)14/h4-5,7-9,11-12H,6,10H2,1-3H3. The van der Waals surface area contributed by atoms with Crippen LogP contribution in [0.2, 0.25) is 0 Å². The first-order valence-corrected chi connectivity index (χ1v) is 5.97. The number of allylic oxidation sites excluding steroid dienone is 1. The van der Waals surface area contributed by atoms with Gasteiger partial charge >= 0.3 is 0 Å². The van der Waals surface area contributed by atoms with Crippen LogP contribution in [0.1, 0.15) is 49.8 Å². The van der Waals surface area contributed by atoms with E-state index in [1.165, 1.54) is 29.5 Å². The van der Waals surface area contributed by atoms with E-state index in [2.05, 4.69) is 51.1 Å². The second-order valence-electron chi connectivity index (χ2n) is 5.06. The summed E-state index contributed by atoms with van der Waals surface area (Å²) in [6.45, 7) is 6.90. The number of rotatable bonds is 2. The second kappa shape index (κ2) is 4.22. The number of hydrogen-bond donors (Lipinski definition) is 0. The van der Waals surface area contributed by atoms with Crippen LogP contribution in [0.3, 0.4) is 0 Å². The highest BCUT2D eigenvalue weighted by atomic mass is 14.2. The Morgan fingerprint density at radius 2 is 2.13 bits per heavy atom. The van der Waals surface area contributed by atoms with Gasteiger partial charge in [-0.3, -0.25) is 0 Å². The third-order valence-corrected chi connectivity index (χ3v) is 3.16. The van der Waals surface area contributed by atoms with Gasteiger partial charge in [0, 0.05) is 0 Å². The Balaban J connectivity index is 2.41. The van der Waals surface area contributed by atoms with Gasteiger partial charge in [-0.25, -0.2) is 0 Å². The predicted octanol–water partition coefficient (Wildman–Crippen LogP) is 4.41. The van der Waals surface area contributed by atoms with Crippen molar-refractivity contribution < 1.29 is 0 Å². The molecule has 0 fully saturated rings. The van der Waals surface area contributed by atoms with E-state index in [1.54, 1.807) is 0 Å². The lowest BCUT2D eigenvalue weighted by Crippen LogP contribution is -2.05. The van der Waals surface area contributed by atoms with Gasteiger partial charge in [0.05, 0.1) is 0 Å². The monoisotopic (exact) mass is 200 g/mol. The van der Waals surface area contributed by atoms with Crippen LogP contribution in [-0.2, 0) is 6.42 Å². The Kier molecular flexibility index (Phi) is 2.95. The van der Waals surface area contributed by atoms with Gasteiger partial charge in [-0.1, -0.05) is 51.1 Å². The van der Waals surface area contributed by atoms with Gasteiger partial charge in [0.1, 0.15) is 0 Å². The fourth-order valence-corrected chi connectivity index (χ4v) is 2.40. The van der Waals surface area contributed by atoms with Crippen molar-refractivity contribution in [3.05, 3.63) is 41.0 Å². The van der Waals surface area contributed by atoms with Gasteiger partial charge in [-0.15, -0.1) is 0 Å². The number of hydrogen-bond acceptors (Lipinski definition) is 0. The van der Waals surface area contributed by atoms with Crippen LogP contribution in [0.4, 0.5) is 0 Å². The molecule has 0 N–H and O–H groups in total. The van der Waals surface area contributed by atoms with Crippen molar-refractivity contribution in [3.8, 4) is 0 Å². The Bertz CT molecular complexity index is 372. The first kappa shape index (κ1) is 10.5. The van der Waals surface area contributed by atoms with Crippen LogP contribution >= 0.6 is 0 Å². The van der Waals surface area contributed by atoms with Crippen molar-refractivity contribution in [2.24, 2.45) is 5.92 Å². The summed E-state index contributed by atoms with van der Waals surface area (Å²) in [5, 5.41) is 0. The Labute approximate surface area is 93.0 Å². The molecule has 1 unspecified atom stereocenters. The van der Waals surface area contributed by atoms with Crippen LogP contribution in [0.5, 0.6) is 0 Å². The molecule has 0 heterocycles. The van der Waals surface area contributed by atoms with Crippen molar-refractivity contribution in [1.29, 1.82) is 0 Å². The maximum Gasteiger partial charge on any atom is -0.0150 e.